The highest BCUT2D eigenvalue weighted by Crippen LogP contribution is 2.24. The first-order chi connectivity index (χ1) is 11.8. The second-order valence-electron chi connectivity index (χ2n) is 5.73. The van der Waals surface area contributed by atoms with Crippen LogP contribution in [0.1, 0.15) is 25.0 Å². The molecule has 25 heavy (non-hydrogen) atoms. The molecule has 0 unspecified atom stereocenters. The van der Waals surface area contributed by atoms with Gasteiger partial charge in [-0.05, 0) is 38.5 Å². The van der Waals surface area contributed by atoms with Crippen LogP contribution in [0.25, 0.3) is 11.0 Å². The summed E-state index contributed by atoms with van der Waals surface area (Å²) in [7, 11) is 1.26. The summed E-state index contributed by atoms with van der Waals surface area (Å²) in [5.41, 5.74) is 0.605. The van der Waals surface area contributed by atoms with Crippen LogP contribution < -0.4 is 10.4 Å². The van der Waals surface area contributed by atoms with E-state index >= 15 is 0 Å². The van der Waals surface area contributed by atoms with Crippen LogP contribution in [0.4, 0.5) is 0 Å². The fraction of sp³-hybridized carbons (Fsp3) is 0.389. The van der Waals surface area contributed by atoms with Crippen LogP contribution in [-0.4, -0.2) is 31.8 Å². The van der Waals surface area contributed by atoms with E-state index in [1.807, 2.05) is 0 Å². The molecule has 0 aliphatic heterocycles. The van der Waals surface area contributed by atoms with Crippen molar-refractivity contribution >= 4 is 22.9 Å². The highest BCUT2D eigenvalue weighted by Gasteiger charge is 2.16. The molecule has 0 N–H and O–H groups in total. The summed E-state index contributed by atoms with van der Waals surface area (Å²) in [6.45, 7) is 4.99. The van der Waals surface area contributed by atoms with E-state index in [0.29, 0.717) is 22.3 Å². The van der Waals surface area contributed by atoms with Crippen LogP contribution in [0, 0.1) is 6.92 Å². The van der Waals surface area contributed by atoms with Gasteiger partial charge < -0.3 is 18.6 Å². The fourth-order valence-electron chi connectivity index (χ4n) is 2.32. The molecule has 0 spiro atoms. The molecule has 0 atom stereocenters. The van der Waals surface area contributed by atoms with Crippen molar-refractivity contribution in [2.45, 2.75) is 33.3 Å². The summed E-state index contributed by atoms with van der Waals surface area (Å²) < 4.78 is 20.2. The van der Waals surface area contributed by atoms with Gasteiger partial charge in [-0.2, -0.15) is 0 Å². The van der Waals surface area contributed by atoms with Crippen LogP contribution in [0.3, 0.4) is 0 Å². The maximum atomic E-state index is 12.1. The summed E-state index contributed by atoms with van der Waals surface area (Å²) in [5, 5.41) is 0.676. The number of benzene rings is 1. The van der Waals surface area contributed by atoms with Crippen LogP contribution >= 0.6 is 0 Å². The summed E-state index contributed by atoms with van der Waals surface area (Å²) in [6, 6.07) is 4.88. The van der Waals surface area contributed by atoms with Crippen molar-refractivity contribution in [3.05, 3.63) is 39.7 Å². The first kappa shape index (κ1) is 18.5. The van der Waals surface area contributed by atoms with Crippen LogP contribution in [0.2, 0.25) is 0 Å². The summed E-state index contributed by atoms with van der Waals surface area (Å²) in [6.07, 6.45) is -0.374. The Bertz CT molecular complexity index is 848. The lowest BCUT2D eigenvalue weighted by atomic mass is 10.0. The molecule has 0 amide bonds. The molecule has 1 heterocycles. The van der Waals surface area contributed by atoms with Crippen LogP contribution in [0.15, 0.2) is 27.4 Å². The smallest absolute Gasteiger partial charge is 0.344 e. The minimum Gasteiger partial charge on any atom is -0.482 e. The predicted octanol–water partition coefficient (Wildman–Crippen LogP) is 2.15. The molecule has 134 valence electrons. The van der Waals surface area contributed by atoms with E-state index in [0.717, 1.165) is 0 Å². The number of esters is 2. The maximum Gasteiger partial charge on any atom is 0.344 e. The Kier molecular flexibility index (Phi) is 5.80. The number of carbonyl (C=O) groups is 2. The molecule has 7 nitrogen and oxygen atoms in total. The minimum absolute atomic E-state index is 0.153. The van der Waals surface area contributed by atoms with E-state index in [-0.39, 0.29) is 24.7 Å². The lowest BCUT2D eigenvalue weighted by molar-refractivity contribution is -0.149. The third-order valence-electron chi connectivity index (χ3n) is 3.53. The zero-order valence-electron chi connectivity index (χ0n) is 14.6. The highest BCUT2D eigenvalue weighted by atomic mass is 16.6. The number of hydrogen-bond acceptors (Lipinski definition) is 7. The predicted molar refractivity (Wildman–Crippen MR) is 89.7 cm³/mol. The Labute approximate surface area is 144 Å². The van der Waals surface area contributed by atoms with Gasteiger partial charge in [0.05, 0.1) is 25.2 Å². The van der Waals surface area contributed by atoms with Gasteiger partial charge in [-0.3, -0.25) is 4.79 Å². The molecule has 1 aromatic heterocycles. The van der Waals surface area contributed by atoms with Crippen molar-refractivity contribution in [1.29, 1.82) is 0 Å². The molecule has 0 saturated carbocycles. The molecule has 0 saturated heterocycles. The highest BCUT2D eigenvalue weighted by molar-refractivity contribution is 5.84. The van der Waals surface area contributed by atoms with E-state index < -0.39 is 17.6 Å². The van der Waals surface area contributed by atoms with Crippen molar-refractivity contribution < 1.29 is 28.2 Å². The van der Waals surface area contributed by atoms with Gasteiger partial charge in [0.15, 0.2) is 6.61 Å². The topological polar surface area (TPSA) is 92.0 Å². The quantitative estimate of drug-likeness (QED) is 0.583. The molecular weight excluding hydrogens is 328 g/mol. The Morgan fingerprint density at radius 1 is 1.20 bits per heavy atom. The number of ether oxygens (including phenoxy) is 3. The van der Waals surface area contributed by atoms with Gasteiger partial charge in [0.25, 0.3) is 0 Å². The third kappa shape index (κ3) is 4.59. The molecule has 7 heteroatoms. The number of hydrogen-bond donors (Lipinski definition) is 0. The molecular formula is C18H20O7. The largest absolute Gasteiger partial charge is 0.482 e. The number of carbonyl (C=O) groups excluding carboxylic acids is 2. The average Bonchev–Trinajstić information content (AvgIpc) is 2.55. The minimum atomic E-state index is -0.605. The van der Waals surface area contributed by atoms with Gasteiger partial charge in [0.1, 0.15) is 11.3 Å². The molecule has 0 aliphatic carbocycles. The second-order valence-corrected chi connectivity index (χ2v) is 5.73. The number of aryl methyl sites for hydroxylation is 1. The third-order valence-corrected chi connectivity index (χ3v) is 3.53. The maximum absolute atomic E-state index is 12.1. The SMILES string of the molecule is COC(=O)Cc1c(C)c2ccc(OCC(=O)OC(C)C)cc2oc1=O. The van der Waals surface area contributed by atoms with Crippen molar-refractivity contribution in [3.63, 3.8) is 0 Å². The Morgan fingerprint density at radius 3 is 2.56 bits per heavy atom. The lowest BCUT2D eigenvalue weighted by Gasteiger charge is -2.11. The van der Waals surface area contributed by atoms with Crippen LogP contribution in [0.5, 0.6) is 5.75 Å². The van der Waals surface area contributed by atoms with Gasteiger partial charge in [0, 0.05) is 11.5 Å². The molecule has 0 bridgehead atoms. The van der Waals surface area contributed by atoms with Gasteiger partial charge in [-0.25, -0.2) is 9.59 Å². The van der Waals surface area contributed by atoms with Crippen molar-refractivity contribution in [3.8, 4) is 5.75 Å². The summed E-state index contributed by atoms with van der Waals surface area (Å²) in [5.74, 6) is -0.629. The number of rotatable bonds is 6. The first-order valence-electron chi connectivity index (χ1n) is 7.77. The number of methoxy groups -OCH3 is 1. The van der Waals surface area contributed by atoms with E-state index in [9.17, 15) is 14.4 Å². The van der Waals surface area contributed by atoms with Gasteiger partial charge in [0.2, 0.25) is 0 Å². The van der Waals surface area contributed by atoms with E-state index in [4.69, 9.17) is 13.9 Å². The van der Waals surface area contributed by atoms with E-state index in [2.05, 4.69) is 4.74 Å². The molecule has 0 radical (unpaired) electrons. The first-order valence-corrected chi connectivity index (χ1v) is 7.77. The van der Waals surface area contributed by atoms with Crippen molar-refractivity contribution in [2.75, 3.05) is 13.7 Å². The normalized spacial score (nSPS) is 10.8. The van der Waals surface area contributed by atoms with E-state index in [1.54, 1.807) is 32.9 Å². The molecule has 0 aliphatic rings. The van der Waals surface area contributed by atoms with Gasteiger partial charge in [-0.15, -0.1) is 0 Å². The summed E-state index contributed by atoms with van der Waals surface area (Å²) >= 11 is 0. The Morgan fingerprint density at radius 2 is 1.92 bits per heavy atom. The van der Waals surface area contributed by atoms with Gasteiger partial charge in [-0.1, -0.05) is 0 Å². The molecule has 2 rings (SSSR count). The van der Waals surface area contributed by atoms with Crippen LogP contribution in [-0.2, 0) is 25.5 Å². The molecule has 0 fully saturated rings. The van der Waals surface area contributed by atoms with Crippen molar-refractivity contribution in [1.82, 2.24) is 0 Å². The van der Waals surface area contributed by atoms with Gasteiger partial charge >= 0.3 is 17.6 Å². The van der Waals surface area contributed by atoms with E-state index in [1.165, 1.54) is 13.2 Å². The monoisotopic (exact) mass is 348 g/mol. The Balaban J connectivity index is 2.26. The fourth-order valence-corrected chi connectivity index (χ4v) is 2.32. The standard InChI is InChI=1S/C18H20O7/c1-10(2)24-17(20)9-23-12-5-6-13-11(3)14(8-16(19)22-4)18(21)25-15(13)7-12/h5-7,10H,8-9H2,1-4H3. The second kappa shape index (κ2) is 7.83. The zero-order valence-corrected chi connectivity index (χ0v) is 14.6. The molecule has 1 aromatic carbocycles. The Hall–Kier alpha value is -2.83. The summed E-state index contributed by atoms with van der Waals surface area (Å²) in [4.78, 5) is 35.1. The lowest BCUT2D eigenvalue weighted by Crippen LogP contribution is -2.18. The average molecular weight is 348 g/mol. The zero-order chi connectivity index (χ0) is 18.6. The molecule has 2 aromatic rings. The number of fused-ring (bicyclic) bond motifs is 1. The van der Waals surface area contributed by atoms with Crippen molar-refractivity contribution in [2.24, 2.45) is 0 Å².